The van der Waals surface area contributed by atoms with Gasteiger partial charge >= 0.3 is 11.9 Å². The SMILES string of the molecule is CC(C)(CCc1ccccc1)NCC(COc1ncccc1C#N)OC(=O)/C=C\C(=O)OC(CNC(C)(C)CCc1ccccc1)COc1ncccc1C#N. The van der Waals surface area contributed by atoms with Crippen LogP contribution in [0.1, 0.15) is 62.8 Å². The van der Waals surface area contributed by atoms with E-state index in [2.05, 4.69) is 72.6 Å². The first-order chi connectivity index (χ1) is 26.9. The Labute approximate surface area is 329 Å². The van der Waals surface area contributed by atoms with Crippen molar-refractivity contribution in [3.05, 3.63) is 132 Å². The number of esters is 2. The molecule has 56 heavy (non-hydrogen) atoms. The molecule has 0 aliphatic heterocycles. The molecule has 2 atom stereocenters. The Hall–Kier alpha value is -6.08. The first-order valence-electron chi connectivity index (χ1n) is 18.6. The van der Waals surface area contributed by atoms with E-state index in [1.807, 2.05) is 48.5 Å². The molecule has 0 fully saturated rings. The highest BCUT2D eigenvalue weighted by atomic mass is 16.6. The standard InChI is InChI=1S/C44H50N6O6/c1-43(2,23-21-33-13-7-5-8-14-33)49-29-37(31-53-41-35(27-45)17-11-25-47-41)55-39(51)19-20-40(52)56-38(32-54-42-36(28-46)18-12-26-48-42)30-50-44(3,4)24-22-34-15-9-6-10-16-34/h5-20,25-26,37-38,49-50H,21-24,29-32H2,1-4H3/b20-19-. The number of aromatic nitrogens is 2. The van der Waals surface area contributed by atoms with Crippen LogP contribution in [0.3, 0.4) is 0 Å². The molecule has 2 unspecified atom stereocenters. The summed E-state index contributed by atoms with van der Waals surface area (Å²) in [6.07, 6.45) is 6.73. The van der Waals surface area contributed by atoms with E-state index in [9.17, 15) is 20.1 Å². The topological polar surface area (TPSA) is 168 Å². The molecular formula is C44H50N6O6. The number of rotatable bonds is 22. The lowest BCUT2D eigenvalue weighted by Gasteiger charge is -2.29. The maximum atomic E-state index is 13.1. The maximum absolute atomic E-state index is 13.1. The number of carbonyl (C=O) groups is 2. The molecule has 12 nitrogen and oxygen atoms in total. The number of hydrogen-bond donors (Lipinski definition) is 2. The molecule has 292 valence electrons. The van der Waals surface area contributed by atoms with Gasteiger partial charge in [-0.1, -0.05) is 60.7 Å². The summed E-state index contributed by atoms with van der Waals surface area (Å²) >= 11 is 0. The van der Waals surface area contributed by atoms with Crippen LogP contribution < -0.4 is 20.1 Å². The zero-order valence-corrected chi connectivity index (χ0v) is 32.4. The fraction of sp³-hybridized carbons (Fsp3) is 0.364. The van der Waals surface area contributed by atoms with Crippen molar-refractivity contribution >= 4 is 11.9 Å². The molecule has 0 amide bonds. The van der Waals surface area contributed by atoms with Gasteiger partial charge in [0.05, 0.1) is 0 Å². The summed E-state index contributed by atoms with van der Waals surface area (Å²) in [4.78, 5) is 34.5. The molecule has 0 aliphatic rings. The van der Waals surface area contributed by atoms with Gasteiger partial charge in [-0.05, 0) is 88.8 Å². The van der Waals surface area contributed by atoms with Crippen LogP contribution in [0.5, 0.6) is 11.8 Å². The quantitative estimate of drug-likeness (QED) is 0.0703. The van der Waals surface area contributed by atoms with Gasteiger partial charge in [0.2, 0.25) is 11.8 Å². The van der Waals surface area contributed by atoms with Crippen molar-refractivity contribution in [2.75, 3.05) is 26.3 Å². The molecule has 0 saturated carbocycles. The average molecular weight is 759 g/mol. The number of ether oxygens (including phenoxy) is 4. The molecule has 12 heteroatoms. The minimum atomic E-state index is -0.802. The molecule has 2 aromatic heterocycles. The van der Waals surface area contributed by atoms with Gasteiger partial charge in [-0.3, -0.25) is 0 Å². The van der Waals surface area contributed by atoms with Crippen LogP contribution >= 0.6 is 0 Å². The van der Waals surface area contributed by atoms with Gasteiger partial charge in [0.25, 0.3) is 0 Å². The zero-order chi connectivity index (χ0) is 40.2. The van der Waals surface area contributed by atoms with E-state index in [1.165, 1.54) is 23.5 Å². The van der Waals surface area contributed by atoms with Crippen LogP contribution in [0.25, 0.3) is 0 Å². The Kier molecular flexibility index (Phi) is 16.5. The number of hydrogen-bond acceptors (Lipinski definition) is 12. The van der Waals surface area contributed by atoms with Crippen molar-refractivity contribution in [3.63, 3.8) is 0 Å². The molecule has 4 rings (SSSR count). The predicted molar refractivity (Wildman–Crippen MR) is 211 cm³/mol. The summed E-state index contributed by atoms with van der Waals surface area (Å²) in [6, 6.07) is 30.8. The Bertz CT molecular complexity index is 1820. The van der Waals surface area contributed by atoms with E-state index < -0.39 is 24.1 Å². The molecule has 2 aromatic carbocycles. The number of nitrogens with zero attached hydrogens (tertiary/aromatic N) is 4. The number of pyridine rings is 2. The van der Waals surface area contributed by atoms with Gasteiger partial charge in [-0.15, -0.1) is 0 Å². The molecule has 0 aliphatic carbocycles. The van der Waals surface area contributed by atoms with E-state index in [1.54, 1.807) is 24.3 Å². The lowest BCUT2D eigenvalue weighted by atomic mass is 9.95. The summed E-state index contributed by atoms with van der Waals surface area (Å²) in [6.45, 7) is 8.51. The second-order valence-electron chi connectivity index (χ2n) is 14.5. The molecule has 0 saturated heterocycles. The summed E-state index contributed by atoms with van der Waals surface area (Å²) < 4.78 is 23.1. The number of carbonyl (C=O) groups excluding carboxylic acids is 2. The van der Waals surface area contributed by atoms with Crippen molar-refractivity contribution in [1.29, 1.82) is 10.5 Å². The van der Waals surface area contributed by atoms with Crippen molar-refractivity contribution in [3.8, 4) is 23.9 Å². The molecule has 2 heterocycles. The van der Waals surface area contributed by atoms with Gasteiger partial charge in [0.15, 0.2) is 0 Å². The van der Waals surface area contributed by atoms with E-state index in [-0.39, 0.29) is 60.3 Å². The minimum Gasteiger partial charge on any atom is -0.473 e. The second kappa shape index (κ2) is 21.7. The lowest BCUT2D eigenvalue weighted by molar-refractivity contribution is -0.147. The third-order valence-corrected chi connectivity index (χ3v) is 8.90. The molecule has 4 aromatic rings. The van der Waals surface area contributed by atoms with Crippen LogP contribution in [0.2, 0.25) is 0 Å². The molecule has 0 spiro atoms. The average Bonchev–Trinajstić information content (AvgIpc) is 3.21. The van der Waals surface area contributed by atoms with Gasteiger partial charge in [0.1, 0.15) is 48.7 Å². The van der Waals surface area contributed by atoms with Gasteiger partial charge in [0, 0.05) is 48.7 Å². The van der Waals surface area contributed by atoms with Crippen LogP contribution in [0, 0.1) is 22.7 Å². The van der Waals surface area contributed by atoms with Crippen molar-refractivity contribution in [1.82, 2.24) is 20.6 Å². The van der Waals surface area contributed by atoms with Crippen molar-refractivity contribution in [2.24, 2.45) is 0 Å². The summed E-state index contributed by atoms with van der Waals surface area (Å²) in [5.41, 5.74) is 2.27. The summed E-state index contributed by atoms with van der Waals surface area (Å²) in [5, 5.41) is 25.9. The molecule has 0 radical (unpaired) electrons. The first kappa shape index (κ1) is 42.7. The Morgan fingerprint density at radius 1 is 0.643 bits per heavy atom. The van der Waals surface area contributed by atoms with Gasteiger partial charge in [-0.25, -0.2) is 19.6 Å². The number of nitriles is 2. The minimum absolute atomic E-state index is 0.0964. The number of nitrogens with one attached hydrogen (secondary N) is 2. The van der Waals surface area contributed by atoms with E-state index in [4.69, 9.17) is 18.9 Å². The fourth-order valence-corrected chi connectivity index (χ4v) is 5.50. The third-order valence-electron chi connectivity index (χ3n) is 8.90. The first-order valence-corrected chi connectivity index (χ1v) is 18.6. The number of aryl methyl sites for hydroxylation is 2. The molecular weight excluding hydrogens is 709 g/mol. The smallest absolute Gasteiger partial charge is 0.331 e. The maximum Gasteiger partial charge on any atom is 0.331 e. The Morgan fingerprint density at radius 2 is 1.04 bits per heavy atom. The van der Waals surface area contributed by atoms with E-state index >= 15 is 0 Å². The zero-order valence-electron chi connectivity index (χ0n) is 32.4. The van der Waals surface area contributed by atoms with E-state index in [0.29, 0.717) is 0 Å². The highest BCUT2D eigenvalue weighted by molar-refractivity contribution is 5.91. The predicted octanol–water partition coefficient (Wildman–Crippen LogP) is 6.06. The summed E-state index contributed by atoms with van der Waals surface area (Å²) in [7, 11) is 0. The molecule has 2 N–H and O–H groups in total. The summed E-state index contributed by atoms with van der Waals surface area (Å²) in [5.74, 6) is -1.34. The number of benzene rings is 2. The van der Waals surface area contributed by atoms with Gasteiger partial charge < -0.3 is 29.6 Å². The van der Waals surface area contributed by atoms with Crippen LogP contribution in [0.15, 0.2) is 109 Å². The molecule has 0 bridgehead atoms. The highest BCUT2D eigenvalue weighted by Gasteiger charge is 2.24. The van der Waals surface area contributed by atoms with E-state index in [0.717, 1.165) is 37.8 Å². The fourth-order valence-electron chi connectivity index (χ4n) is 5.50. The normalized spacial score (nSPS) is 12.5. The third kappa shape index (κ3) is 15.3. The second-order valence-corrected chi connectivity index (χ2v) is 14.5. The van der Waals surface area contributed by atoms with Crippen LogP contribution in [0.4, 0.5) is 0 Å². The van der Waals surface area contributed by atoms with Gasteiger partial charge in [-0.2, -0.15) is 10.5 Å². The Balaban J connectivity index is 1.39. The monoisotopic (exact) mass is 758 g/mol. The Morgan fingerprint density at radius 3 is 1.41 bits per heavy atom. The van der Waals surface area contributed by atoms with Crippen LogP contribution in [-0.2, 0) is 31.9 Å². The lowest BCUT2D eigenvalue weighted by Crippen LogP contribution is -2.46. The largest absolute Gasteiger partial charge is 0.473 e. The highest BCUT2D eigenvalue weighted by Crippen LogP contribution is 2.18. The van der Waals surface area contributed by atoms with Crippen molar-refractivity contribution < 1.29 is 28.5 Å². The van der Waals surface area contributed by atoms with Crippen LogP contribution in [-0.4, -0.2) is 71.5 Å². The van der Waals surface area contributed by atoms with Crippen molar-refractivity contribution in [2.45, 2.75) is 76.7 Å².